The maximum Gasteiger partial charge on any atom is 0.410 e. The number of ether oxygens (including phenoxy) is 2. The Labute approximate surface area is 140 Å². The summed E-state index contributed by atoms with van der Waals surface area (Å²) in [6.45, 7) is 3.55. The van der Waals surface area contributed by atoms with Gasteiger partial charge in [-0.25, -0.2) is 4.79 Å². The standard InChI is InChI=1S/C18H18ClNO3/c1-13-10-20(18(21)23-13)11-14-5-7-17(8-6-14)22-12-15-3-2-4-16(19)9-15/h2-9,13H,10-12H2,1H3. The minimum atomic E-state index is -0.251. The minimum absolute atomic E-state index is 0.0391. The Morgan fingerprint density at radius 2 is 2.00 bits per heavy atom. The zero-order valence-electron chi connectivity index (χ0n) is 12.9. The summed E-state index contributed by atoms with van der Waals surface area (Å²) < 4.78 is 10.9. The molecular formula is C18H18ClNO3. The molecule has 0 spiro atoms. The number of nitrogens with zero attached hydrogens (tertiary/aromatic N) is 1. The molecule has 1 fully saturated rings. The fourth-order valence-corrected chi connectivity index (χ4v) is 2.72. The highest BCUT2D eigenvalue weighted by molar-refractivity contribution is 6.30. The summed E-state index contributed by atoms with van der Waals surface area (Å²) in [6.07, 6.45) is -0.290. The number of halogens is 1. The van der Waals surface area contributed by atoms with Crippen LogP contribution in [0.5, 0.6) is 5.75 Å². The summed E-state index contributed by atoms with van der Waals surface area (Å²) in [4.78, 5) is 13.3. The van der Waals surface area contributed by atoms with E-state index >= 15 is 0 Å². The number of hydrogen-bond acceptors (Lipinski definition) is 3. The lowest BCUT2D eigenvalue weighted by atomic mass is 10.2. The molecule has 1 heterocycles. The van der Waals surface area contributed by atoms with Gasteiger partial charge in [0, 0.05) is 11.6 Å². The Hall–Kier alpha value is -2.20. The van der Waals surface area contributed by atoms with E-state index in [1.54, 1.807) is 4.90 Å². The van der Waals surface area contributed by atoms with E-state index in [1.807, 2.05) is 55.5 Å². The molecule has 5 heteroatoms. The first-order chi connectivity index (χ1) is 11.1. The van der Waals surface area contributed by atoms with Crippen LogP contribution in [0.15, 0.2) is 48.5 Å². The van der Waals surface area contributed by atoms with Crippen molar-refractivity contribution in [2.45, 2.75) is 26.2 Å². The molecule has 0 saturated carbocycles. The van der Waals surface area contributed by atoms with Crippen LogP contribution in [0, 0.1) is 0 Å². The molecule has 1 aliphatic heterocycles. The van der Waals surface area contributed by atoms with Crippen LogP contribution in [0.25, 0.3) is 0 Å². The lowest BCUT2D eigenvalue weighted by Crippen LogP contribution is -2.24. The maximum absolute atomic E-state index is 11.6. The van der Waals surface area contributed by atoms with Crippen LogP contribution in [-0.4, -0.2) is 23.6 Å². The molecule has 0 radical (unpaired) electrons. The highest BCUT2D eigenvalue weighted by atomic mass is 35.5. The van der Waals surface area contributed by atoms with Gasteiger partial charge in [0.2, 0.25) is 0 Å². The first-order valence-electron chi connectivity index (χ1n) is 7.52. The van der Waals surface area contributed by atoms with Crippen molar-refractivity contribution < 1.29 is 14.3 Å². The Morgan fingerprint density at radius 3 is 2.65 bits per heavy atom. The molecule has 2 aromatic carbocycles. The van der Waals surface area contributed by atoms with Gasteiger partial charge < -0.3 is 14.4 Å². The zero-order valence-corrected chi connectivity index (χ0v) is 13.6. The molecular weight excluding hydrogens is 314 g/mol. The Balaban J connectivity index is 1.56. The molecule has 3 rings (SSSR count). The quantitative estimate of drug-likeness (QED) is 0.821. The fourth-order valence-electron chi connectivity index (χ4n) is 2.50. The van der Waals surface area contributed by atoms with Gasteiger partial charge in [0.1, 0.15) is 18.5 Å². The molecule has 2 aromatic rings. The summed E-state index contributed by atoms with van der Waals surface area (Å²) in [5.41, 5.74) is 2.07. The second-order valence-corrected chi connectivity index (χ2v) is 6.07. The Morgan fingerprint density at radius 1 is 1.22 bits per heavy atom. The normalized spacial score (nSPS) is 17.2. The highest BCUT2D eigenvalue weighted by Gasteiger charge is 2.27. The van der Waals surface area contributed by atoms with E-state index in [1.165, 1.54) is 0 Å². The van der Waals surface area contributed by atoms with Gasteiger partial charge in [0.05, 0.1) is 6.54 Å². The minimum Gasteiger partial charge on any atom is -0.489 e. The lowest BCUT2D eigenvalue weighted by molar-refractivity contribution is 0.137. The van der Waals surface area contributed by atoms with Gasteiger partial charge in [0.25, 0.3) is 0 Å². The number of amides is 1. The van der Waals surface area contributed by atoms with Crippen LogP contribution in [0.3, 0.4) is 0 Å². The topological polar surface area (TPSA) is 38.8 Å². The number of cyclic esters (lactones) is 1. The highest BCUT2D eigenvalue weighted by Crippen LogP contribution is 2.19. The van der Waals surface area contributed by atoms with E-state index in [4.69, 9.17) is 21.1 Å². The maximum atomic E-state index is 11.6. The largest absolute Gasteiger partial charge is 0.489 e. The number of carbonyl (C=O) groups excluding carboxylic acids is 1. The molecule has 1 atom stereocenters. The van der Waals surface area contributed by atoms with E-state index in [0.717, 1.165) is 16.9 Å². The van der Waals surface area contributed by atoms with Crippen molar-refractivity contribution in [3.8, 4) is 5.75 Å². The van der Waals surface area contributed by atoms with Gasteiger partial charge in [-0.1, -0.05) is 35.9 Å². The second-order valence-electron chi connectivity index (χ2n) is 5.64. The first kappa shape index (κ1) is 15.7. The number of benzene rings is 2. The molecule has 0 aromatic heterocycles. The van der Waals surface area contributed by atoms with E-state index in [-0.39, 0.29) is 12.2 Å². The van der Waals surface area contributed by atoms with Crippen molar-refractivity contribution >= 4 is 17.7 Å². The summed E-state index contributed by atoms with van der Waals surface area (Å²) in [5.74, 6) is 0.783. The molecule has 23 heavy (non-hydrogen) atoms. The van der Waals surface area contributed by atoms with Crippen molar-refractivity contribution in [2.75, 3.05) is 6.54 Å². The van der Waals surface area contributed by atoms with Crippen molar-refractivity contribution in [1.82, 2.24) is 4.90 Å². The number of carbonyl (C=O) groups is 1. The van der Waals surface area contributed by atoms with Crippen LogP contribution in [0.2, 0.25) is 5.02 Å². The van der Waals surface area contributed by atoms with Gasteiger partial charge in [-0.15, -0.1) is 0 Å². The van der Waals surface area contributed by atoms with E-state index in [9.17, 15) is 4.79 Å². The fraction of sp³-hybridized carbons (Fsp3) is 0.278. The molecule has 0 bridgehead atoms. The predicted octanol–water partition coefficient (Wildman–Crippen LogP) is 4.26. The Kier molecular flexibility index (Phi) is 4.72. The molecule has 1 unspecified atom stereocenters. The SMILES string of the molecule is CC1CN(Cc2ccc(OCc3cccc(Cl)c3)cc2)C(=O)O1. The van der Waals surface area contributed by atoms with Gasteiger partial charge in [-0.3, -0.25) is 0 Å². The molecule has 1 aliphatic rings. The molecule has 1 amide bonds. The molecule has 120 valence electrons. The zero-order chi connectivity index (χ0) is 16.2. The summed E-state index contributed by atoms with van der Waals surface area (Å²) >= 11 is 5.95. The second kappa shape index (κ2) is 6.92. The number of hydrogen-bond donors (Lipinski definition) is 0. The van der Waals surface area contributed by atoms with Crippen molar-refractivity contribution in [1.29, 1.82) is 0 Å². The summed E-state index contributed by atoms with van der Waals surface area (Å²) in [7, 11) is 0. The summed E-state index contributed by atoms with van der Waals surface area (Å²) in [5, 5.41) is 0.702. The molecule has 0 aliphatic carbocycles. The van der Waals surface area contributed by atoms with Crippen LogP contribution in [0.1, 0.15) is 18.1 Å². The van der Waals surface area contributed by atoms with E-state index in [0.29, 0.717) is 24.7 Å². The molecule has 0 N–H and O–H groups in total. The van der Waals surface area contributed by atoms with E-state index < -0.39 is 0 Å². The molecule has 4 nitrogen and oxygen atoms in total. The summed E-state index contributed by atoms with van der Waals surface area (Å²) in [6, 6.07) is 15.3. The third-order valence-electron chi connectivity index (χ3n) is 3.63. The van der Waals surface area contributed by atoms with Gasteiger partial charge in [-0.05, 0) is 42.3 Å². The lowest BCUT2D eigenvalue weighted by Gasteiger charge is -2.13. The Bertz CT molecular complexity index is 687. The van der Waals surface area contributed by atoms with Crippen LogP contribution >= 0.6 is 11.6 Å². The van der Waals surface area contributed by atoms with Crippen LogP contribution in [0.4, 0.5) is 4.79 Å². The molecule has 1 saturated heterocycles. The predicted molar refractivity (Wildman–Crippen MR) is 88.6 cm³/mol. The van der Waals surface area contributed by atoms with Crippen LogP contribution < -0.4 is 4.74 Å². The average Bonchev–Trinajstić information content (AvgIpc) is 2.84. The average molecular weight is 332 g/mol. The van der Waals surface area contributed by atoms with E-state index in [2.05, 4.69) is 0 Å². The smallest absolute Gasteiger partial charge is 0.410 e. The third-order valence-corrected chi connectivity index (χ3v) is 3.86. The van der Waals surface area contributed by atoms with Crippen LogP contribution in [-0.2, 0) is 17.9 Å². The third kappa shape index (κ3) is 4.17. The van der Waals surface area contributed by atoms with Gasteiger partial charge >= 0.3 is 6.09 Å². The van der Waals surface area contributed by atoms with Crippen molar-refractivity contribution in [3.05, 3.63) is 64.7 Å². The van der Waals surface area contributed by atoms with Gasteiger partial charge in [-0.2, -0.15) is 0 Å². The van der Waals surface area contributed by atoms with Crippen molar-refractivity contribution in [2.24, 2.45) is 0 Å². The monoisotopic (exact) mass is 331 g/mol. The first-order valence-corrected chi connectivity index (χ1v) is 7.90. The number of rotatable bonds is 5. The van der Waals surface area contributed by atoms with Gasteiger partial charge in [0.15, 0.2) is 0 Å². The van der Waals surface area contributed by atoms with Crippen molar-refractivity contribution in [3.63, 3.8) is 0 Å².